The van der Waals surface area contributed by atoms with Gasteiger partial charge in [-0.1, -0.05) is 23.7 Å². The lowest BCUT2D eigenvalue weighted by atomic mass is 10.2. The van der Waals surface area contributed by atoms with Gasteiger partial charge in [0.25, 0.3) is 0 Å². The number of aryl methyl sites for hydroxylation is 1. The van der Waals surface area contributed by atoms with Gasteiger partial charge in [0.15, 0.2) is 5.96 Å². The third kappa shape index (κ3) is 5.00. The quantitative estimate of drug-likeness (QED) is 0.575. The Morgan fingerprint density at radius 2 is 2.08 bits per heavy atom. The van der Waals surface area contributed by atoms with Crippen LogP contribution in [-0.2, 0) is 30.2 Å². The van der Waals surface area contributed by atoms with Crippen LogP contribution in [0.2, 0.25) is 5.02 Å². The third-order valence-electron chi connectivity index (χ3n) is 3.98. The molecular formula is C17H24ClN5O2S. The number of guanidine groups is 1. The van der Waals surface area contributed by atoms with Crippen molar-refractivity contribution < 1.29 is 8.42 Å². The highest BCUT2D eigenvalue weighted by atomic mass is 35.5. The van der Waals surface area contributed by atoms with E-state index in [-0.39, 0.29) is 4.90 Å². The van der Waals surface area contributed by atoms with Crippen molar-refractivity contribution in [2.75, 3.05) is 21.1 Å². The van der Waals surface area contributed by atoms with Crippen LogP contribution in [0.1, 0.15) is 11.3 Å². The Hall–Kier alpha value is -2.03. The molecule has 1 aromatic heterocycles. The molecule has 142 valence electrons. The number of hydrogen-bond donors (Lipinski definition) is 2. The molecule has 0 saturated heterocycles. The van der Waals surface area contributed by atoms with Crippen molar-refractivity contribution >= 4 is 27.6 Å². The second-order valence-electron chi connectivity index (χ2n) is 5.87. The van der Waals surface area contributed by atoms with Gasteiger partial charge in [0.2, 0.25) is 10.0 Å². The Bertz CT molecular complexity index is 892. The zero-order valence-electron chi connectivity index (χ0n) is 15.3. The highest BCUT2D eigenvalue weighted by Crippen LogP contribution is 2.14. The molecule has 2 N–H and O–H groups in total. The standard InChI is InChI=1S/C17H24ClN5O2S/c1-19-17(23(4)12-15-9-14(18)11-22(15)3)21-10-13-6-5-7-16(8-13)26(24,25)20-2/h5-9,11,20H,10,12H2,1-4H3,(H,19,21). The average Bonchev–Trinajstić information content (AvgIpc) is 2.92. The van der Waals surface area contributed by atoms with E-state index in [0.29, 0.717) is 24.1 Å². The molecule has 0 bridgehead atoms. The maximum atomic E-state index is 11.9. The van der Waals surface area contributed by atoms with Crippen LogP contribution in [0, 0.1) is 0 Å². The number of halogens is 1. The van der Waals surface area contributed by atoms with E-state index >= 15 is 0 Å². The molecule has 0 atom stereocenters. The number of hydrogen-bond acceptors (Lipinski definition) is 3. The molecule has 0 radical (unpaired) electrons. The molecule has 1 aromatic carbocycles. The highest BCUT2D eigenvalue weighted by molar-refractivity contribution is 7.89. The van der Waals surface area contributed by atoms with Gasteiger partial charge in [-0.2, -0.15) is 0 Å². The summed E-state index contributed by atoms with van der Waals surface area (Å²) in [6.07, 6.45) is 1.86. The average molecular weight is 398 g/mol. The number of benzene rings is 1. The van der Waals surface area contributed by atoms with Crippen LogP contribution in [0.25, 0.3) is 0 Å². The Kier molecular flexibility index (Phi) is 6.69. The van der Waals surface area contributed by atoms with E-state index < -0.39 is 10.0 Å². The summed E-state index contributed by atoms with van der Waals surface area (Å²) in [5.41, 5.74) is 1.90. The van der Waals surface area contributed by atoms with Gasteiger partial charge in [-0.05, 0) is 30.8 Å². The van der Waals surface area contributed by atoms with Gasteiger partial charge >= 0.3 is 0 Å². The van der Waals surface area contributed by atoms with Crippen LogP contribution in [0.15, 0.2) is 46.4 Å². The van der Waals surface area contributed by atoms with Crippen LogP contribution in [-0.4, -0.2) is 45.0 Å². The fourth-order valence-electron chi connectivity index (χ4n) is 2.55. The molecule has 0 spiro atoms. The predicted octanol–water partition coefficient (Wildman–Crippen LogP) is 1.79. The lowest BCUT2D eigenvalue weighted by molar-refractivity contribution is 0.461. The molecule has 7 nitrogen and oxygen atoms in total. The minimum atomic E-state index is -3.46. The number of nitrogens with zero attached hydrogens (tertiary/aromatic N) is 3. The number of aliphatic imine (C=N–C) groups is 1. The topological polar surface area (TPSA) is 78.7 Å². The minimum absolute atomic E-state index is 0.237. The van der Waals surface area contributed by atoms with Gasteiger partial charge in [-0.25, -0.2) is 13.1 Å². The normalized spacial score (nSPS) is 12.3. The summed E-state index contributed by atoms with van der Waals surface area (Å²) in [5.74, 6) is 0.698. The van der Waals surface area contributed by atoms with E-state index in [4.69, 9.17) is 11.6 Å². The lowest BCUT2D eigenvalue weighted by Gasteiger charge is -2.22. The molecule has 0 aliphatic rings. The van der Waals surface area contributed by atoms with Crippen LogP contribution in [0.5, 0.6) is 0 Å². The van der Waals surface area contributed by atoms with Crippen molar-refractivity contribution in [3.05, 3.63) is 52.8 Å². The number of nitrogens with one attached hydrogen (secondary N) is 2. The summed E-state index contributed by atoms with van der Waals surface area (Å²) in [5, 5.41) is 3.94. The third-order valence-corrected chi connectivity index (χ3v) is 5.59. The SMILES string of the molecule is CN=C(NCc1cccc(S(=O)(=O)NC)c1)N(C)Cc1cc(Cl)cn1C. The van der Waals surface area contributed by atoms with E-state index in [1.807, 2.05) is 41.9 Å². The highest BCUT2D eigenvalue weighted by Gasteiger charge is 2.13. The van der Waals surface area contributed by atoms with Crippen LogP contribution >= 0.6 is 11.6 Å². The Labute approximate surface area is 159 Å². The predicted molar refractivity (Wildman–Crippen MR) is 105 cm³/mol. The molecule has 9 heteroatoms. The van der Waals surface area contributed by atoms with Crippen molar-refractivity contribution in [3.63, 3.8) is 0 Å². The first-order valence-electron chi connectivity index (χ1n) is 8.02. The molecule has 1 heterocycles. The van der Waals surface area contributed by atoms with Crippen LogP contribution in [0.3, 0.4) is 0 Å². The molecule has 0 unspecified atom stereocenters. The fourth-order valence-corrected chi connectivity index (χ4v) is 3.62. The summed E-state index contributed by atoms with van der Waals surface area (Å²) < 4.78 is 28.1. The van der Waals surface area contributed by atoms with Crippen molar-refractivity contribution in [3.8, 4) is 0 Å². The molecule has 2 rings (SSSR count). The molecule has 0 aliphatic heterocycles. The van der Waals surface area contributed by atoms with E-state index in [0.717, 1.165) is 11.3 Å². The van der Waals surface area contributed by atoms with Crippen molar-refractivity contribution in [2.45, 2.75) is 18.0 Å². The van der Waals surface area contributed by atoms with Gasteiger partial charge < -0.3 is 14.8 Å². The molecular weight excluding hydrogens is 374 g/mol. The monoisotopic (exact) mass is 397 g/mol. The maximum Gasteiger partial charge on any atom is 0.240 e. The number of rotatable bonds is 6. The molecule has 0 amide bonds. The molecule has 0 fully saturated rings. The fraction of sp³-hybridized carbons (Fsp3) is 0.353. The van der Waals surface area contributed by atoms with Crippen molar-refractivity contribution in [1.82, 2.24) is 19.5 Å². The van der Waals surface area contributed by atoms with E-state index in [9.17, 15) is 8.42 Å². The largest absolute Gasteiger partial charge is 0.352 e. The van der Waals surface area contributed by atoms with E-state index in [1.54, 1.807) is 25.2 Å². The summed E-state index contributed by atoms with van der Waals surface area (Å²) in [6, 6.07) is 8.71. The Morgan fingerprint density at radius 3 is 2.65 bits per heavy atom. The van der Waals surface area contributed by atoms with Crippen LogP contribution in [0.4, 0.5) is 0 Å². The first kappa shape index (κ1) is 20.3. The number of sulfonamides is 1. The van der Waals surface area contributed by atoms with Gasteiger partial charge in [0.05, 0.1) is 16.5 Å². The van der Waals surface area contributed by atoms with Gasteiger partial charge in [0.1, 0.15) is 0 Å². The Morgan fingerprint density at radius 1 is 1.35 bits per heavy atom. The van der Waals surface area contributed by atoms with Gasteiger partial charge in [0, 0.05) is 39.6 Å². The first-order valence-corrected chi connectivity index (χ1v) is 9.88. The zero-order chi connectivity index (χ0) is 19.3. The molecule has 2 aromatic rings. The maximum absolute atomic E-state index is 11.9. The first-order chi connectivity index (χ1) is 12.3. The Balaban J connectivity index is 2.05. The summed E-state index contributed by atoms with van der Waals surface area (Å²) in [6.45, 7) is 1.09. The summed E-state index contributed by atoms with van der Waals surface area (Å²) >= 11 is 6.03. The van der Waals surface area contributed by atoms with E-state index in [1.165, 1.54) is 7.05 Å². The van der Waals surface area contributed by atoms with Crippen LogP contribution < -0.4 is 10.0 Å². The van der Waals surface area contributed by atoms with Crippen molar-refractivity contribution in [1.29, 1.82) is 0 Å². The minimum Gasteiger partial charge on any atom is -0.352 e. The molecule has 0 aliphatic carbocycles. The smallest absolute Gasteiger partial charge is 0.240 e. The second-order valence-corrected chi connectivity index (χ2v) is 8.20. The number of aromatic nitrogens is 1. The van der Waals surface area contributed by atoms with E-state index in [2.05, 4.69) is 15.0 Å². The zero-order valence-corrected chi connectivity index (χ0v) is 16.9. The molecule has 26 heavy (non-hydrogen) atoms. The summed E-state index contributed by atoms with van der Waals surface area (Å²) in [4.78, 5) is 6.49. The van der Waals surface area contributed by atoms with Crippen molar-refractivity contribution in [2.24, 2.45) is 12.0 Å². The molecule has 0 saturated carbocycles. The summed E-state index contributed by atoms with van der Waals surface area (Å²) in [7, 11) is 3.52. The van der Waals surface area contributed by atoms with Gasteiger partial charge in [-0.3, -0.25) is 4.99 Å². The second kappa shape index (κ2) is 8.57. The lowest BCUT2D eigenvalue weighted by Crippen LogP contribution is -2.38. The van der Waals surface area contributed by atoms with Gasteiger partial charge in [-0.15, -0.1) is 0 Å².